The van der Waals surface area contributed by atoms with Gasteiger partial charge in [0.15, 0.2) is 23.1 Å². The van der Waals surface area contributed by atoms with Crippen LogP contribution in [0.15, 0.2) is 59.9 Å². The Morgan fingerprint density at radius 1 is 1.07 bits per heavy atom. The normalized spacial score (nSPS) is 18.6. The van der Waals surface area contributed by atoms with E-state index in [9.17, 15) is 18.0 Å². The van der Waals surface area contributed by atoms with Crippen molar-refractivity contribution >= 4 is 11.9 Å². The molecule has 6 nitrogen and oxygen atoms in total. The van der Waals surface area contributed by atoms with Crippen LogP contribution < -0.4 is 5.73 Å². The maximum absolute atomic E-state index is 14.7. The quantitative estimate of drug-likeness (QED) is 0.716. The zero-order chi connectivity index (χ0) is 21.5. The number of aliphatic imine (C=N–C) groups is 1. The van der Waals surface area contributed by atoms with Gasteiger partial charge in [-0.2, -0.15) is 0 Å². The summed E-state index contributed by atoms with van der Waals surface area (Å²) in [6.45, 7) is -0.871. The van der Waals surface area contributed by atoms with Crippen molar-refractivity contribution in [2.75, 3.05) is 7.05 Å². The van der Waals surface area contributed by atoms with Gasteiger partial charge in [-0.15, -0.1) is 0 Å². The van der Waals surface area contributed by atoms with Crippen molar-refractivity contribution in [1.82, 2.24) is 14.9 Å². The highest BCUT2D eigenvalue weighted by Gasteiger charge is 2.50. The summed E-state index contributed by atoms with van der Waals surface area (Å²) in [6, 6.07) is 9.81. The lowest BCUT2D eigenvalue weighted by molar-refractivity contribution is -0.129. The molecule has 1 atom stereocenters. The van der Waals surface area contributed by atoms with E-state index >= 15 is 0 Å². The van der Waals surface area contributed by atoms with Gasteiger partial charge >= 0.3 is 0 Å². The van der Waals surface area contributed by atoms with Crippen LogP contribution in [0.5, 0.6) is 0 Å². The minimum absolute atomic E-state index is 0.0374. The van der Waals surface area contributed by atoms with Crippen molar-refractivity contribution in [3.05, 3.63) is 83.3 Å². The molecule has 0 aliphatic carbocycles. The minimum Gasteiger partial charge on any atom is -0.369 e. The van der Waals surface area contributed by atoms with Gasteiger partial charge in [0.2, 0.25) is 0 Å². The molecule has 30 heavy (non-hydrogen) atoms. The molecule has 9 heteroatoms. The number of halogens is 3. The molecule has 1 amide bonds. The van der Waals surface area contributed by atoms with Crippen LogP contribution in [0, 0.1) is 11.6 Å². The minimum atomic E-state index is -1.82. The van der Waals surface area contributed by atoms with E-state index in [4.69, 9.17) is 5.73 Å². The molecule has 0 radical (unpaired) electrons. The van der Waals surface area contributed by atoms with E-state index in [-0.39, 0.29) is 34.0 Å². The number of hydrogen-bond donors (Lipinski definition) is 1. The standard InChI is InChI=1S/C21H16F3N5O/c1-29-19(30)21(28-20(29)25,12-5-7-26-14(8-12)11-22)13-9-15(18(24)16(23)10-13)17-4-2-3-6-27-17/h2-10H,11H2,1H3,(H2,25,28). The van der Waals surface area contributed by atoms with Crippen molar-refractivity contribution in [3.8, 4) is 11.3 Å². The monoisotopic (exact) mass is 411 g/mol. The van der Waals surface area contributed by atoms with Crippen LogP contribution in [-0.4, -0.2) is 33.8 Å². The molecule has 4 rings (SSSR count). The Labute approximate surface area is 169 Å². The Morgan fingerprint density at radius 2 is 1.87 bits per heavy atom. The summed E-state index contributed by atoms with van der Waals surface area (Å²) in [7, 11) is 1.42. The van der Waals surface area contributed by atoms with Crippen LogP contribution in [0.2, 0.25) is 0 Å². The molecule has 0 fully saturated rings. The van der Waals surface area contributed by atoms with Gasteiger partial charge in [-0.1, -0.05) is 6.07 Å². The summed E-state index contributed by atoms with van der Waals surface area (Å²) in [5.74, 6) is -2.98. The number of carbonyl (C=O) groups is 1. The van der Waals surface area contributed by atoms with Crippen molar-refractivity contribution < 1.29 is 18.0 Å². The number of amides is 1. The van der Waals surface area contributed by atoms with Crippen molar-refractivity contribution in [3.63, 3.8) is 0 Å². The molecule has 0 saturated carbocycles. The number of guanidine groups is 1. The Morgan fingerprint density at radius 3 is 2.50 bits per heavy atom. The highest BCUT2D eigenvalue weighted by molar-refractivity contribution is 6.09. The second-order valence-electron chi connectivity index (χ2n) is 6.75. The lowest BCUT2D eigenvalue weighted by Gasteiger charge is -2.27. The van der Waals surface area contributed by atoms with Gasteiger partial charge in [0.25, 0.3) is 5.91 Å². The number of hydrogen-bond acceptors (Lipinski definition) is 5. The highest BCUT2D eigenvalue weighted by atomic mass is 19.2. The van der Waals surface area contributed by atoms with E-state index in [0.29, 0.717) is 0 Å². The van der Waals surface area contributed by atoms with Crippen LogP contribution in [0.4, 0.5) is 13.2 Å². The zero-order valence-electron chi connectivity index (χ0n) is 15.8. The molecule has 1 aliphatic rings. The molecule has 1 unspecified atom stereocenters. The zero-order valence-corrected chi connectivity index (χ0v) is 15.8. The van der Waals surface area contributed by atoms with E-state index < -0.39 is 29.8 Å². The third-order valence-corrected chi connectivity index (χ3v) is 5.00. The van der Waals surface area contributed by atoms with Crippen LogP contribution in [0.1, 0.15) is 16.8 Å². The largest absolute Gasteiger partial charge is 0.369 e. The molecule has 0 bridgehead atoms. The summed E-state index contributed by atoms with van der Waals surface area (Å²) in [6.07, 6.45) is 2.76. The first-order valence-corrected chi connectivity index (χ1v) is 8.94. The number of rotatable bonds is 4. The molecule has 0 saturated heterocycles. The van der Waals surface area contributed by atoms with Crippen LogP contribution in [0.25, 0.3) is 11.3 Å². The number of aromatic nitrogens is 2. The summed E-state index contributed by atoms with van der Waals surface area (Å²) in [4.78, 5) is 26.6. The van der Waals surface area contributed by atoms with E-state index in [2.05, 4.69) is 15.0 Å². The van der Waals surface area contributed by atoms with E-state index in [1.54, 1.807) is 12.1 Å². The van der Waals surface area contributed by atoms with Crippen molar-refractivity contribution in [2.45, 2.75) is 12.2 Å². The molecule has 3 aromatic rings. The molecule has 3 heterocycles. The van der Waals surface area contributed by atoms with Gasteiger partial charge < -0.3 is 5.73 Å². The van der Waals surface area contributed by atoms with E-state index in [1.165, 1.54) is 43.7 Å². The fourth-order valence-corrected chi connectivity index (χ4v) is 3.47. The molecule has 2 N–H and O–H groups in total. The number of nitrogens with two attached hydrogens (primary N) is 1. The fourth-order valence-electron chi connectivity index (χ4n) is 3.47. The SMILES string of the molecule is CN1C(=O)C(c2ccnc(CF)c2)(c2cc(F)c(F)c(-c3ccccn3)c2)N=C1N. The third-order valence-electron chi connectivity index (χ3n) is 5.00. The average molecular weight is 411 g/mol. The second kappa shape index (κ2) is 7.25. The first-order valence-electron chi connectivity index (χ1n) is 8.94. The number of benzene rings is 1. The molecule has 0 spiro atoms. The second-order valence-corrected chi connectivity index (χ2v) is 6.75. The van der Waals surface area contributed by atoms with Crippen LogP contribution in [0.3, 0.4) is 0 Å². The Balaban J connectivity index is 2.02. The van der Waals surface area contributed by atoms with Gasteiger partial charge in [0.1, 0.15) is 6.67 Å². The molecule has 1 aromatic carbocycles. The topological polar surface area (TPSA) is 84.5 Å². The molecular formula is C21H16F3N5O. The first-order chi connectivity index (χ1) is 14.4. The number of pyridine rings is 2. The smallest absolute Gasteiger partial charge is 0.266 e. The lowest BCUT2D eigenvalue weighted by Crippen LogP contribution is -2.41. The molecule has 1 aliphatic heterocycles. The molecule has 152 valence electrons. The van der Waals surface area contributed by atoms with Crippen LogP contribution >= 0.6 is 0 Å². The third kappa shape index (κ3) is 2.90. The van der Waals surface area contributed by atoms with Gasteiger partial charge in [-0.05, 0) is 47.5 Å². The Hall–Kier alpha value is -3.75. The number of carbonyl (C=O) groups excluding carboxylic acids is 1. The first kappa shape index (κ1) is 19.6. The van der Waals surface area contributed by atoms with Gasteiger partial charge in [0.05, 0.1) is 11.4 Å². The average Bonchev–Trinajstić information content (AvgIpc) is 3.01. The van der Waals surface area contributed by atoms with E-state index in [1.807, 2.05) is 0 Å². The molecular weight excluding hydrogens is 395 g/mol. The Kier molecular flexibility index (Phi) is 4.73. The summed E-state index contributed by atoms with van der Waals surface area (Å²) < 4.78 is 42.5. The number of likely N-dealkylation sites (N-methyl/N-ethyl adjacent to an activating group) is 1. The van der Waals surface area contributed by atoms with Crippen molar-refractivity contribution in [2.24, 2.45) is 10.7 Å². The summed E-state index contributed by atoms with van der Waals surface area (Å²) in [5.41, 5.74) is 4.46. The maximum atomic E-state index is 14.7. The van der Waals surface area contributed by atoms with E-state index in [0.717, 1.165) is 11.0 Å². The van der Waals surface area contributed by atoms with Gasteiger partial charge in [-0.25, -0.2) is 18.2 Å². The molecule has 2 aromatic heterocycles. The fraction of sp³-hybridized carbons (Fsp3) is 0.143. The lowest BCUT2D eigenvalue weighted by atomic mass is 9.82. The number of alkyl halides is 1. The summed E-state index contributed by atoms with van der Waals surface area (Å²) in [5, 5.41) is 0. The Bertz CT molecular complexity index is 1170. The van der Waals surface area contributed by atoms with Gasteiger partial charge in [0, 0.05) is 25.0 Å². The maximum Gasteiger partial charge on any atom is 0.266 e. The highest BCUT2D eigenvalue weighted by Crippen LogP contribution is 2.41. The van der Waals surface area contributed by atoms with Gasteiger partial charge in [-0.3, -0.25) is 19.7 Å². The summed E-state index contributed by atoms with van der Waals surface area (Å²) >= 11 is 0. The predicted molar refractivity (Wildman–Crippen MR) is 104 cm³/mol. The number of nitrogens with zero attached hydrogens (tertiary/aromatic N) is 4. The predicted octanol–water partition coefficient (Wildman–Crippen LogP) is 2.92. The van der Waals surface area contributed by atoms with Crippen molar-refractivity contribution in [1.29, 1.82) is 0 Å². The van der Waals surface area contributed by atoms with Crippen LogP contribution in [-0.2, 0) is 17.0 Å².